The number of aliphatic hydroxyl groups excluding tert-OH is 1. The Morgan fingerprint density at radius 2 is 2.26 bits per heavy atom. The zero-order valence-corrected chi connectivity index (χ0v) is 13.3. The smallest absolute Gasteiger partial charge is 0.321 e. The van der Waals surface area contributed by atoms with Crippen LogP contribution in [-0.4, -0.2) is 47.9 Å². The van der Waals surface area contributed by atoms with E-state index in [-0.39, 0.29) is 18.2 Å². The van der Waals surface area contributed by atoms with Crippen LogP contribution in [0.1, 0.15) is 12.8 Å². The molecule has 1 fully saturated rings. The molecule has 2 N–H and O–H groups in total. The van der Waals surface area contributed by atoms with Gasteiger partial charge < -0.3 is 15.3 Å². The molecule has 0 unspecified atom stereocenters. The highest BCUT2D eigenvalue weighted by Crippen LogP contribution is 2.30. The van der Waals surface area contributed by atoms with E-state index in [2.05, 4.69) is 5.32 Å². The number of anilines is 1. The molecule has 23 heavy (non-hydrogen) atoms. The van der Waals surface area contributed by atoms with Gasteiger partial charge in [-0.05, 0) is 37.0 Å². The maximum atomic E-state index is 13.4. The number of carbonyl (C=O) groups excluding carboxylic acids is 1. The van der Waals surface area contributed by atoms with E-state index in [1.807, 2.05) is 0 Å². The molecule has 0 saturated carbocycles. The fourth-order valence-corrected chi connectivity index (χ4v) is 3.21. The summed E-state index contributed by atoms with van der Waals surface area (Å²) in [6, 6.07) is 3.27. The molecule has 1 heterocycles. The van der Waals surface area contributed by atoms with E-state index in [9.17, 15) is 23.1 Å². The van der Waals surface area contributed by atoms with Gasteiger partial charge in [0.05, 0.1) is 11.4 Å². The van der Waals surface area contributed by atoms with Crippen molar-refractivity contribution in [3.63, 3.8) is 0 Å². The molecule has 0 radical (unpaired) electrons. The molecule has 128 valence electrons. The number of urea groups is 1. The van der Waals surface area contributed by atoms with E-state index >= 15 is 0 Å². The molecule has 1 atom stereocenters. The Kier molecular flexibility index (Phi) is 6.59. The van der Waals surface area contributed by atoms with Crippen LogP contribution in [0, 0.1) is 11.7 Å². The first kappa shape index (κ1) is 17.9. The fraction of sp³-hybridized carbons (Fsp3) is 0.533. The van der Waals surface area contributed by atoms with Crippen molar-refractivity contribution in [3.05, 3.63) is 24.0 Å². The van der Waals surface area contributed by atoms with Crippen LogP contribution in [0.2, 0.25) is 0 Å². The van der Waals surface area contributed by atoms with Gasteiger partial charge in [-0.25, -0.2) is 18.0 Å². The number of nitrogens with zero attached hydrogens (tertiary/aromatic N) is 1. The van der Waals surface area contributed by atoms with Crippen LogP contribution in [0.25, 0.3) is 0 Å². The highest BCUT2D eigenvalue weighted by molar-refractivity contribution is 7.99. The number of halogens is 3. The highest BCUT2D eigenvalue weighted by atomic mass is 32.2. The second-order valence-corrected chi connectivity index (χ2v) is 6.47. The average molecular weight is 348 g/mol. The Bertz CT molecular complexity index is 545. The largest absolute Gasteiger partial charge is 0.396 e. The number of nitrogens with one attached hydrogen (secondary N) is 1. The summed E-state index contributed by atoms with van der Waals surface area (Å²) in [5, 5.41) is 11.8. The molecule has 1 aromatic rings. The second kappa shape index (κ2) is 8.44. The maximum absolute atomic E-state index is 13.4. The van der Waals surface area contributed by atoms with Crippen molar-refractivity contribution in [2.24, 2.45) is 5.92 Å². The van der Waals surface area contributed by atoms with E-state index in [1.165, 1.54) is 12.1 Å². The number of thioether (sulfide) groups is 1. The third-order valence-corrected chi connectivity index (χ3v) is 4.70. The number of rotatable bonds is 5. The molecule has 2 amide bonds. The van der Waals surface area contributed by atoms with E-state index in [0.29, 0.717) is 18.0 Å². The van der Waals surface area contributed by atoms with Crippen molar-refractivity contribution in [2.75, 3.05) is 30.8 Å². The van der Waals surface area contributed by atoms with Crippen LogP contribution in [0.4, 0.5) is 23.7 Å². The summed E-state index contributed by atoms with van der Waals surface area (Å²) in [6.45, 7) is 0.994. The Morgan fingerprint density at radius 3 is 2.96 bits per heavy atom. The normalized spacial score (nSPS) is 18.3. The first-order valence-corrected chi connectivity index (χ1v) is 8.35. The standard InChI is InChI=1S/C15H19F3N2O2S/c16-11-3-4-13(23-9-14(17)18)12(6-11)19-15(22)20-5-1-2-10(7-20)8-21/h3-4,6,10,14,21H,1-2,5,7-9H2,(H,19,22)/t10-/m1/s1. The number of hydrogen-bond donors (Lipinski definition) is 2. The number of amides is 2. The Hall–Kier alpha value is -1.41. The van der Waals surface area contributed by atoms with Gasteiger partial charge in [-0.2, -0.15) is 0 Å². The van der Waals surface area contributed by atoms with E-state index in [4.69, 9.17) is 0 Å². The minimum Gasteiger partial charge on any atom is -0.396 e. The molecule has 4 nitrogen and oxygen atoms in total. The third-order valence-electron chi connectivity index (χ3n) is 3.61. The molecule has 1 aliphatic heterocycles. The van der Waals surface area contributed by atoms with E-state index in [0.717, 1.165) is 30.7 Å². The first-order valence-electron chi connectivity index (χ1n) is 7.37. The molecule has 2 rings (SSSR count). The predicted molar refractivity (Wildman–Crippen MR) is 83.5 cm³/mol. The second-order valence-electron chi connectivity index (χ2n) is 5.41. The minimum atomic E-state index is -2.49. The number of likely N-dealkylation sites (tertiary alicyclic amines) is 1. The van der Waals surface area contributed by atoms with Gasteiger partial charge >= 0.3 is 6.03 Å². The van der Waals surface area contributed by atoms with Gasteiger partial charge in [-0.1, -0.05) is 0 Å². The summed E-state index contributed by atoms with van der Waals surface area (Å²) in [5.41, 5.74) is 0.187. The van der Waals surface area contributed by atoms with Crippen molar-refractivity contribution in [3.8, 4) is 0 Å². The lowest BCUT2D eigenvalue weighted by Crippen LogP contribution is -2.43. The van der Waals surface area contributed by atoms with Crippen LogP contribution in [0.15, 0.2) is 23.1 Å². The van der Waals surface area contributed by atoms with Gasteiger partial charge in [0, 0.05) is 24.6 Å². The lowest BCUT2D eigenvalue weighted by Gasteiger charge is -2.32. The summed E-state index contributed by atoms with van der Waals surface area (Å²) in [6.07, 6.45) is -0.842. The van der Waals surface area contributed by atoms with Crippen molar-refractivity contribution in [1.29, 1.82) is 0 Å². The summed E-state index contributed by atoms with van der Waals surface area (Å²) >= 11 is 0.868. The predicted octanol–water partition coefficient (Wildman–Crippen LogP) is 3.42. The lowest BCUT2D eigenvalue weighted by molar-refractivity contribution is 0.136. The third kappa shape index (κ3) is 5.31. The monoisotopic (exact) mass is 348 g/mol. The molecular weight excluding hydrogens is 329 g/mol. The van der Waals surface area contributed by atoms with Crippen LogP contribution < -0.4 is 5.32 Å². The number of aliphatic hydroxyl groups is 1. The molecule has 0 spiro atoms. The maximum Gasteiger partial charge on any atom is 0.321 e. The summed E-state index contributed by atoms with van der Waals surface area (Å²) < 4.78 is 38.1. The summed E-state index contributed by atoms with van der Waals surface area (Å²) in [7, 11) is 0. The summed E-state index contributed by atoms with van der Waals surface area (Å²) in [4.78, 5) is 14.2. The molecule has 1 saturated heterocycles. The Balaban J connectivity index is 2.05. The Labute approximate surface area is 137 Å². The quantitative estimate of drug-likeness (QED) is 0.802. The van der Waals surface area contributed by atoms with Crippen LogP contribution in [-0.2, 0) is 0 Å². The number of alkyl halides is 2. The molecule has 8 heteroatoms. The van der Waals surface area contributed by atoms with Crippen LogP contribution >= 0.6 is 11.8 Å². The molecule has 0 bridgehead atoms. The number of benzene rings is 1. The zero-order valence-electron chi connectivity index (χ0n) is 12.5. The van der Waals surface area contributed by atoms with Crippen molar-refractivity contribution in [1.82, 2.24) is 4.90 Å². The number of piperidine rings is 1. The topological polar surface area (TPSA) is 52.6 Å². The highest BCUT2D eigenvalue weighted by Gasteiger charge is 2.23. The Morgan fingerprint density at radius 1 is 1.48 bits per heavy atom. The van der Waals surface area contributed by atoms with Crippen molar-refractivity contribution in [2.45, 2.75) is 24.2 Å². The van der Waals surface area contributed by atoms with E-state index < -0.39 is 24.0 Å². The number of hydrogen-bond acceptors (Lipinski definition) is 3. The van der Waals surface area contributed by atoms with Gasteiger partial charge in [0.15, 0.2) is 0 Å². The van der Waals surface area contributed by atoms with Gasteiger partial charge in [-0.3, -0.25) is 0 Å². The average Bonchev–Trinajstić information content (AvgIpc) is 2.54. The lowest BCUT2D eigenvalue weighted by atomic mass is 9.99. The van der Waals surface area contributed by atoms with Crippen molar-refractivity contribution < 1.29 is 23.1 Å². The summed E-state index contributed by atoms with van der Waals surface area (Å²) in [5.74, 6) is -0.937. The molecule has 1 aromatic carbocycles. The van der Waals surface area contributed by atoms with Gasteiger partial charge in [0.1, 0.15) is 5.82 Å². The van der Waals surface area contributed by atoms with Crippen LogP contribution in [0.5, 0.6) is 0 Å². The van der Waals surface area contributed by atoms with E-state index in [1.54, 1.807) is 4.90 Å². The molecule has 0 aromatic heterocycles. The van der Waals surface area contributed by atoms with Gasteiger partial charge in [0.2, 0.25) is 6.43 Å². The SMILES string of the molecule is O=C(Nc1cc(F)ccc1SCC(F)F)N1CCC[C@@H](CO)C1. The van der Waals surface area contributed by atoms with Gasteiger partial charge in [0.25, 0.3) is 0 Å². The zero-order chi connectivity index (χ0) is 16.8. The first-order chi connectivity index (χ1) is 11.0. The molecule has 0 aliphatic carbocycles. The fourth-order valence-electron chi connectivity index (χ4n) is 2.47. The molecular formula is C15H19F3N2O2S. The van der Waals surface area contributed by atoms with Crippen LogP contribution in [0.3, 0.4) is 0 Å². The van der Waals surface area contributed by atoms with Crippen molar-refractivity contribution >= 4 is 23.5 Å². The van der Waals surface area contributed by atoms with Gasteiger partial charge in [-0.15, -0.1) is 11.8 Å². The number of carbonyl (C=O) groups is 1. The molecule has 1 aliphatic rings. The minimum absolute atomic E-state index is 0.0131.